The van der Waals surface area contributed by atoms with E-state index in [-0.39, 0.29) is 6.04 Å². The number of halogens is 1. The first-order chi connectivity index (χ1) is 7.31. The van der Waals surface area contributed by atoms with Crippen molar-refractivity contribution in [2.75, 3.05) is 5.88 Å². The number of hydrogen-bond donors (Lipinski definition) is 2. The standard InChI is InChI=1S/C9H18ClN5/c1-2-15-9(12-7-13-15)6-8(14-11)4-3-5-10/h7-8,14H,2-6,11H2,1H3. The molecule has 0 bridgehead atoms. The van der Waals surface area contributed by atoms with Crippen LogP contribution in [-0.2, 0) is 13.0 Å². The third-order valence-electron chi connectivity index (χ3n) is 2.35. The van der Waals surface area contributed by atoms with Crippen LogP contribution in [0, 0.1) is 0 Å². The number of nitrogens with two attached hydrogens (primary N) is 1. The van der Waals surface area contributed by atoms with Gasteiger partial charge in [0.2, 0.25) is 0 Å². The SMILES string of the molecule is CCn1ncnc1CC(CCCCl)NN. The van der Waals surface area contributed by atoms with E-state index in [9.17, 15) is 0 Å². The smallest absolute Gasteiger partial charge is 0.138 e. The van der Waals surface area contributed by atoms with Crippen LogP contribution in [-0.4, -0.2) is 26.7 Å². The van der Waals surface area contributed by atoms with Crippen LogP contribution < -0.4 is 11.3 Å². The lowest BCUT2D eigenvalue weighted by Crippen LogP contribution is -2.37. The second kappa shape index (κ2) is 6.76. The molecule has 1 rings (SSSR count). The molecule has 86 valence electrons. The van der Waals surface area contributed by atoms with Gasteiger partial charge in [0.05, 0.1) is 0 Å². The van der Waals surface area contributed by atoms with E-state index in [2.05, 4.69) is 15.5 Å². The molecule has 5 nitrogen and oxygen atoms in total. The minimum Gasteiger partial charge on any atom is -0.271 e. The molecule has 0 radical (unpaired) electrons. The number of hydrazine groups is 1. The van der Waals surface area contributed by atoms with Crippen molar-refractivity contribution in [3.63, 3.8) is 0 Å². The topological polar surface area (TPSA) is 68.8 Å². The van der Waals surface area contributed by atoms with Crippen LogP contribution in [0.3, 0.4) is 0 Å². The second-order valence-corrected chi connectivity index (χ2v) is 3.77. The predicted molar refractivity (Wildman–Crippen MR) is 60.5 cm³/mol. The number of alkyl halides is 1. The Hall–Kier alpha value is -0.650. The molecule has 0 aromatic carbocycles. The van der Waals surface area contributed by atoms with E-state index in [0.29, 0.717) is 5.88 Å². The first kappa shape index (κ1) is 12.4. The van der Waals surface area contributed by atoms with Crippen molar-refractivity contribution < 1.29 is 0 Å². The Morgan fingerprint density at radius 1 is 1.67 bits per heavy atom. The molecule has 0 spiro atoms. The Kier molecular flexibility index (Phi) is 5.60. The number of hydrogen-bond acceptors (Lipinski definition) is 4. The van der Waals surface area contributed by atoms with Crippen LogP contribution in [0.1, 0.15) is 25.6 Å². The normalized spacial score (nSPS) is 13.0. The molecule has 15 heavy (non-hydrogen) atoms. The lowest BCUT2D eigenvalue weighted by Gasteiger charge is -2.14. The molecular weight excluding hydrogens is 214 g/mol. The van der Waals surface area contributed by atoms with E-state index in [4.69, 9.17) is 17.4 Å². The maximum Gasteiger partial charge on any atom is 0.138 e. The Morgan fingerprint density at radius 3 is 3.07 bits per heavy atom. The molecule has 0 saturated heterocycles. The highest BCUT2D eigenvalue weighted by Gasteiger charge is 2.11. The summed E-state index contributed by atoms with van der Waals surface area (Å²) in [6.45, 7) is 2.88. The van der Waals surface area contributed by atoms with E-state index in [1.807, 2.05) is 11.6 Å². The van der Waals surface area contributed by atoms with Gasteiger partial charge in [0, 0.05) is 24.9 Å². The Bertz CT molecular complexity index is 275. The van der Waals surface area contributed by atoms with Gasteiger partial charge in [0.1, 0.15) is 12.2 Å². The fourth-order valence-electron chi connectivity index (χ4n) is 1.50. The first-order valence-corrected chi connectivity index (χ1v) is 5.74. The van der Waals surface area contributed by atoms with E-state index >= 15 is 0 Å². The van der Waals surface area contributed by atoms with Crippen LogP contribution in [0.4, 0.5) is 0 Å². The van der Waals surface area contributed by atoms with Gasteiger partial charge in [-0.05, 0) is 19.8 Å². The lowest BCUT2D eigenvalue weighted by atomic mass is 10.1. The van der Waals surface area contributed by atoms with Crippen molar-refractivity contribution >= 4 is 11.6 Å². The van der Waals surface area contributed by atoms with Crippen molar-refractivity contribution in [2.45, 2.75) is 38.8 Å². The summed E-state index contributed by atoms with van der Waals surface area (Å²) in [5, 5.41) is 4.11. The Balaban J connectivity index is 2.50. The molecular formula is C9H18ClN5. The molecule has 0 saturated carbocycles. The van der Waals surface area contributed by atoms with Gasteiger partial charge in [-0.25, -0.2) is 4.98 Å². The first-order valence-electron chi connectivity index (χ1n) is 5.20. The highest BCUT2D eigenvalue weighted by Crippen LogP contribution is 2.05. The van der Waals surface area contributed by atoms with Gasteiger partial charge in [-0.1, -0.05) is 0 Å². The van der Waals surface area contributed by atoms with Crippen LogP contribution in [0.15, 0.2) is 6.33 Å². The van der Waals surface area contributed by atoms with E-state index < -0.39 is 0 Å². The van der Waals surface area contributed by atoms with Crippen LogP contribution >= 0.6 is 11.6 Å². The number of nitrogens with zero attached hydrogens (tertiary/aromatic N) is 3. The van der Waals surface area contributed by atoms with Crippen LogP contribution in [0.5, 0.6) is 0 Å². The third kappa shape index (κ3) is 3.77. The van der Waals surface area contributed by atoms with Crippen molar-refractivity contribution in [2.24, 2.45) is 5.84 Å². The minimum absolute atomic E-state index is 0.221. The zero-order chi connectivity index (χ0) is 11.1. The number of aryl methyl sites for hydroxylation is 1. The summed E-state index contributed by atoms with van der Waals surface area (Å²) in [5.74, 6) is 7.10. The molecule has 0 amide bonds. The molecule has 1 atom stereocenters. The summed E-state index contributed by atoms with van der Waals surface area (Å²) in [6.07, 6.45) is 4.28. The van der Waals surface area contributed by atoms with E-state index in [1.54, 1.807) is 6.33 Å². The van der Waals surface area contributed by atoms with Gasteiger partial charge in [-0.2, -0.15) is 5.10 Å². The van der Waals surface area contributed by atoms with Gasteiger partial charge in [0.25, 0.3) is 0 Å². The summed E-state index contributed by atoms with van der Waals surface area (Å²) in [4.78, 5) is 4.21. The zero-order valence-corrected chi connectivity index (χ0v) is 9.74. The quantitative estimate of drug-likeness (QED) is 0.412. The van der Waals surface area contributed by atoms with Crippen molar-refractivity contribution in [1.82, 2.24) is 20.2 Å². The molecule has 1 heterocycles. The van der Waals surface area contributed by atoms with E-state index in [0.717, 1.165) is 31.6 Å². The second-order valence-electron chi connectivity index (χ2n) is 3.39. The summed E-state index contributed by atoms with van der Waals surface area (Å²) >= 11 is 5.64. The molecule has 0 aliphatic rings. The third-order valence-corrected chi connectivity index (χ3v) is 2.61. The van der Waals surface area contributed by atoms with E-state index in [1.165, 1.54) is 0 Å². The largest absolute Gasteiger partial charge is 0.271 e. The van der Waals surface area contributed by atoms with Crippen LogP contribution in [0.25, 0.3) is 0 Å². The van der Waals surface area contributed by atoms with Gasteiger partial charge >= 0.3 is 0 Å². The van der Waals surface area contributed by atoms with Gasteiger partial charge in [-0.3, -0.25) is 16.0 Å². The summed E-state index contributed by atoms with van der Waals surface area (Å²) in [7, 11) is 0. The summed E-state index contributed by atoms with van der Waals surface area (Å²) < 4.78 is 1.88. The zero-order valence-electron chi connectivity index (χ0n) is 8.99. The van der Waals surface area contributed by atoms with Crippen LogP contribution in [0.2, 0.25) is 0 Å². The molecule has 0 aliphatic heterocycles. The maximum atomic E-state index is 5.64. The fourth-order valence-corrected chi connectivity index (χ4v) is 1.65. The number of nitrogens with one attached hydrogen (secondary N) is 1. The van der Waals surface area contributed by atoms with Crippen molar-refractivity contribution in [3.8, 4) is 0 Å². The van der Waals surface area contributed by atoms with Gasteiger partial charge < -0.3 is 0 Å². The average Bonchev–Trinajstić information content (AvgIpc) is 2.71. The number of aromatic nitrogens is 3. The monoisotopic (exact) mass is 231 g/mol. The predicted octanol–water partition coefficient (Wildman–Crippen LogP) is 0.691. The molecule has 1 unspecified atom stereocenters. The molecule has 6 heteroatoms. The molecule has 0 fully saturated rings. The van der Waals surface area contributed by atoms with Gasteiger partial charge in [-0.15, -0.1) is 11.6 Å². The fraction of sp³-hybridized carbons (Fsp3) is 0.778. The lowest BCUT2D eigenvalue weighted by molar-refractivity contribution is 0.463. The molecule has 1 aromatic rings. The average molecular weight is 232 g/mol. The Morgan fingerprint density at radius 2 is 2.47 bits per heavy atom. The highest BCUT2D eigenvalue weighted by molar-refractivity contribution is 6.17. The van der Waals surface area contributed by atoms with Crippen molar-refractivity contribution in [3.05, 3.63) is 12.2 Å². The van der Waals surface area contributed by atoms with Crippen molar-refractivity contribution in [1.29, 1.82) is 0 Å². The highest BCUT2D eigenvalue weighted by atomic mass is 35.5. The summed E-state index contributed by atoms with van der Waals surface area (Å²) in [6, 6.07) is 0.221. The summed E-state index contributed by atoms with van der Waals surface area (Å²) in [5.41, 5.74) is 2.79. The minimum atomic E-state index is 0.221. The Labute approximate surface area is 95.0 Å². The molecule has 0 aliphatic carbocycles. The maximum absolute atomic E-state index is 5.64. The molecule has 3 N–H and O–H groups in total. The molecule has 1 aromatic heterocycles. The van der Waals surface area contributed by atoms with Gasteiger partial charge in [0.15, 0.2) is 0 Å². The number of rotatable bonds is 7.